The predicted octanol–water partition coefficient (Wildman–Crippen LogP) is 1.65. The molecule has 0 aliphatic carbocycles. The molecule has 1 aromatic carbocycles. The number of carbonyl (C=O) groups excluding carboxylic acids is 1. The fraction of sp³-hybridized carbons (Fsp3) is 0.389. The van der Waals surface area contributed by atoms with Crippen LogP contribution in [0.1, 0.15) is 34.1 Å². The Morgan fingerprint density at radius 2 is 1.96 bits per heavy atom. The number of methoxy groups -OCH3 is 2. The minimum atomic E-state index is -0.972. The molecule has 2 aromatic rings. The van der Waals surface area contributed by atoms with Crippen LogP contribution >= 0.6 is 0 Å². The zero-order chi connectivity index (χ0) is 18.8. The fourth-order valence-electron chi connectivity index (χ4n) is 3.39. The van der Waals surface area contributed by atoms with Crippen LogP contribution in [0.3, 0.4) is 0 Å². The van der Waals surface area contributed by atoms with Gasteiger partial charge >= 0.3 is 5.97 Å². The highest BCUT2D eigenvalue weighted by atomic mass is 16.5. The summed E-state index contributed by atoms with van der Waals surface area (Å²) in [6, 6.07) is 4.67. The number of carboxylic acids is 1. The molecule has 1 atom stereocenters. The minimum absolute atomic E-state index is 0.188. The van der Waals surface area contributed by atoms with Crippen molar-refractivity contribution in [2.24, 2.45) is 7.05 Å². The number of carbonyl (C=O) groups is 2. The summed E-state index contributed by atoms with van der Waals surface area (Å²) in [6.45, 7) is 0.421. The van der Waals surface area contributed by atoms with Crippen molar-refractivity contribution in [3.05, 3.63) is 41.2 Å². The first-order chi connectivity index (χ1) is 12.5. The summed E-state index contributed by atoms with van der Waals surface area (Å²) in [5.74, 6) is -0.111. The van der Waals surface area contributed by atoms with Crippen LogP contribution in [-0.4, -0.2) is 52.4 Å². The van der Waals surface area contributed by atoms with Crippen molar-refractivity contribution in [3.8, 4) is 11.5 Å². The molecule has 8 nitrogen and oxygen atoms in total. The molecule has 0 spiro atoms. The van der Waals surface area contributed by atoms with E-state index in [2.05, 4.69) is 5.10 Å². The van der Waals surface area contributed by atoms with Gasteiger partial charge in [0.2, 0.25) is 0 Å². The second-order valence-electron chi connectivity index (χ2n) is 6.11. The highest BCUT2D eigenvalue weighted by molar-refractivity contribution is 5.93. The van der Waals surface area contributed by atoms with E-state index in [0.717, 1.165) is 11.1 Å². The summed E-state index contributed by atoms with van der Waals surface area (Å²) in [5, 5.41) is 13.4. The molecule has 1 unspecified atom stereocenters. The first-order valence-corrected chi connectivity index (χ1v) is 8.21. The van der Waals surface area contributed by atoms with E-state index in [4.69, 9.17) is 9.47 Å². The topological polar surface area (TPSA) is 93.9 Å². The molecule has 8 heteroatoms. The number of ether oxygens (including phenoxy) is 2. The molecule has 1 aliphatic heterocycles. The van der Waals surface area contributed by atoms with Crippen molar-refractivity contribution in [1.82, 2.24) is 14.7 Å². The Hall–Kier alpha value is -3.03. The Bertz CT molecular complexity index is 845. The monoisotopic (exact) mass is 359 g/mol. The van der Waals surface area contributed by atoms with Crippen LogP contribution in [0.2, 0.25) is 0 Å². The van der Waals surface area contributed by atoms with E-state index in [-0.39, 0.29) is 12.3 Å². The molecule has 0 bridgehead atoms. The Balaban J connectivity index is 2.05. The van der Waals surface area contributed by atoms with Gasteiger partial charge in [0.1, 0.15) is 5.69 Å². The van der Waals surface area contributed by atoms with Crippen molar-refractivity contribution < 1.29 is 24.2 Å². The number of benzene rings is 1. The second-order valence-corrected chi connectivity index (χ2v) is 6.11. The predicted molar refractivity (Wildman–Crippen MR) is 92.5 cm³/mol. The third kappa shape index (κ3) is 3.10. The maximum absolute atomic E-state index is 13.0. The van der Waals surface area contributed by atoms with Gasteiger partial charge in [-0.15, -0.1) is 0 Å². The van der Waals surface area contributed by atoms with Gasteiger partial charge in [-0.1, -0.05) is 0 Å². The van der Waals surface area contributed by atoms with Crippen molar-refractivity contribution in [2.75, 3.05) is 20.8 Å². The first-order valence-electron chi connectivity index (χ1n) is 8.21. The third-order valence-corrected chi connectivity index (χ3v) is 4.67. The lowest BCUT2D eigenvalue weighted by atomic mass is 9.89. The van der Waals surface area contributed by atoms with Crippen LogP contribution in [0.4, 0.5) is 0 Å². The zero-order valence-electron chi connectivity index (χ0n) is 14.9. The summed E-state index contributed by atoms with van der Waals surface area (Å²) >= 11 is 0. The van der Waals surface area contributed by atoms with Crippen LogP contribution in [0, 0.1) is 0 Å². The maximum Gasteiger partial charge on any atom is 0.305 e. The van der Waals surface area contributed by atoms with Crippen LogP contribution in [0.25, 0.3) is 0 Å². The standard InChI is InChI=1S/C18H21N3O5/c1-20-13(4-6-19-20)18(24)21-7-5-11-8-15(25-2)16(26-3)9-12(11)14(21)10-17(22)23/h4,6,8-9,14H,5,7,10H2,1-3H3,(H,22,23). The van der Waals surface area contributed by atoms with E-state index in [9.17, 15) is 14.7 Å². The fourth-order valence-corrected chi connectivity index (χ4v) is 3.39. The van der Waals surface area contributed by atoms with Gasteiger partial charge < -0.3 is 19.5 Å². The van der Waals surface area contributed by atoms with E-state index in [1.165, 1.54) is 11.8 Å². The average molecular weight is 359 g/mol. The lowest BCUT2D eigenvalue weighted by Crippen LogP contribution is -2.41. The van der Waals surface area contributed by atoms with Gasteiger partial charge in [-0.3, -0.25) is 14.3 Å². The highest BCUT2D eigenvalue weighted by Gasteiger charge is 2.34. The van der Waals surface area contributed by atoms with Crippen molar-refractivity contribution in [3.63, 3.8) is 0 Å². The highest BCUT2D eigenvalue weighted by Crippen LogP contribution is 2.39. The van der Waals surface area contributed by atoms with Gasteiger partial charge in [0.25, 0.3) is 5.91 Å². The number of fused-ring (bicyclic) bond motifs is 1. The molecule has 1 N–H and O–H groups in total. The Labute approximate surface area is 150 Å². The molecule has 0 fully saturated rings. The molecule has 1 aliphatic rings. The average Bonchev–Trinajstić information content (AvgIpc) is 3.05. The first kappa shape index (κ1) is 17.8. The Kier molecular flexibility index (Phi) is 4.83. The number of amides is 1. The van der Waals surface area contributed by atoms with E-state index in [0.29, 0.717) is 30.2 Å². The zero-order valence-corrected chi connectivity index (χ0v) is 14.9. The molecule has 1 aromatic heterocycles. The summed E-state index contributed by atoms with van der Waals surface area (Å²) in [7, 11) is 4.77. The van der Waals surface area contributed by atoms with E-state index >= 15 is 0 Å². The Morgan fingerprint density at radius 1 is 1.27 bits per heavy atom. The molecule has 0 radical (unpaired) electrons. The summed E-state index contributed by atoms with van der Waals surface area (Å²) < 4.78 is 12.2. The maximum atomic E-state index is 13.0. The third-order valence-electron chi connectivity index (χ3n) is 4.67. The number of hydrogen-bond acceptors (Lipinski definition) is 5. The number of nitrogens with zero attached hydrogens (tertiary/aromatic N) is 3. The second kappa shape index (κ2) is 7.07. The SMILES string of the molecule is COc1cc2c(cc1OC)C(CC(=O)O)N(C(=O)c1ccnn1C)CC2. The van der Waals surface area contributed by atoms with Gasteiger partial charge in [-0.25, -0.2) is 0 Å². The van der Waals surface area contributed by atoms with E-state index in [1.54, 1.807) is 37.4 Å². The molecular formula is C18H21N3O5. The number of hydrogen-bond donors (Lipinski definition) is 1. The van der Waals surface area contributed by atoms with Crippen molar-refractivity contribution in [1.29, 1.82) is 0 Å². The largest absolute Gasteiger partial charge is 0.493 e. The summed E-state index contributed by atoms with van der Waals surface area (Å²) in [6.07, 6.45) is 1.96. The van der Waals surface area contributed by atoms with Crippen molar-refractivity contribution >= 4 is 11.9 Å². The molecule has 2 heterocycles. The molecule has 0 saturated carbocycles. The van der Waals surface area contributed by atoms with Crippen LogP contribution in [-0.2, 0) is 18.3 Å². The smallest absolute Gasteiger partial charge is 0.305 e. The van der Waals surface area contributed by atoms with Gasteiger partial charge in [0.15, 0.2) is 11.5 Å². The van der Waals surface area contributed by atoms with Crippen LogP contribution in [0.5, 0.6) is 11.5 Å². The lowest BCUT2D eigenvalue weighted by Gasteiger charge is -2.37. The lowest BCUT2D eigenvalue weighted by molar-refractivity contribution is -0.138. The van der Waals surface area contributed by atoms with Crippen LogP contribution < -0.4 is 9.47 Å². The van der Waals surface area contributed by atoms with Gasteiger partial charge in [0, 0.05) is 19.8 Å². The van der Waals surface area contributed by atoms with Gasteiger partial charge in [-0.05, 0) is 35.7 Å². The number of aryl methyl sites for hydroxylation is 1. The summed E-state index contributed by atoms with van der Waals surface area (Å²) in [4.78, 5) is 26.0. The molecular weight excluding hydrogens is 338 g/mol. The molecule has 0 saturated heterocycles. The number of rotatable bonds is 5. The number of aromatic nitrogens is 2. The number of carboxylic acid groups (broad SMARTS) is 1. The molecule has 3 rings (SSSR count). The quantitative estimate of drug-likeness (QED) is 0.872. The molecule has 1 amide bonds. The summed E-state index contributed by atoms with van der Waals surface area (Å²) in [5.41, 5.74) is 2.15. The van der Waals surface area contributed by atoms with Gasteiger partial charge in [0.05, 0.1) is 26.7 Å². The van der Waals surface area contributed by atoms with E-state index < -0.39 is 12.0 Å². The van der Waals surface area contributed by atoms with Crippen LogP contribution in [0.15, 0.2) is 24.4 Å². The Morgan fingerprint density at radius 3 is 2.54 bits per heavy atom. The molecule has 138 valence electrons. The molecule has 26 heavy (non-hydrogen) atoms. The number of aliphatic carboxylic acids is 1. The van der Waals surface area contributed by atoms with E-state index in [1.807, 2.05) is 6.07 Å². The van der Waals surface area contributed by atoms with Gasteiger partial charge in [-0.2, -0.15) is 5.10 Å². The minimum Gasteiger partial charge on any atom is -0.493 e. The normalized spacial score (nSPS) is 16.1. The van der Waals surface area contributed by atoms with Crippen molar-refractivity contribution in [2.45, 2.75) is 18.9 Å².